The van der Waals surface area contributed by atoms with E-state index in [0.29, 0.717) is 19.6 Å². The fraction of sp³-hybridized carbons (Fsp3) is 0.500. The molecule has 1 aromatic carbocycles. The van der Waals surface area contributed by atoms with Crippen LogP contribution < -0.4 is 5.32 Å². The minimum absolute atomic E-state index is 0.109. The number of rotatable bonds is 5. The number of nitrogens with zero attached hydrogens (tertiary/aromatic N) is 1. The predicted molar refractivity (Wildman–Crippen MR) is 80.9 cm³/mol. The number of hydrogen-bond donors (Lipinski definition) is 1. The van der Waals surface area contributed by atoms with E-state index in [9.17, 15) is 9.59 Å². The van der Waals surface area contributed by atoms with Crippen LogP contribution in [0, 0.1) is 0 Å². The van der Waals surface area contributed by atoms with Gasteiger partial charge in [0.1, 0.15) is 12.1 Å². The number of hydrogen-bond acceptors (Lipinski definition) is 3. The van der Waals surface area contributed by atoms with Crippen LogP contribution in [0.3, 0.4) is 0 Å². The molecule has 0 saturated carbocycles. The molecule has 1 aliphatic heterocycles. The molecule has 1 N–H and O–H groups in total. The number of carbonyl (C=O) groups is 2. The Balaban J connectivity index is 2.01. The van der Waals surface area contributed by atoms with E-state index in [0.717, 1.165) is 12.1 Å². The third-order valence-electron chi connectivity index (χ3n) is 3.64. The highest BCUT2D eigenvalue weighted by Crippen LogP contribution is 2.20. The molecule has 2 atom stereocenters. The van der Waals surface area contributed by atoms with Gasteiger partial charge in [0.05, 0.1) is 0 Å². The first-order chi connectivity index (χ1) is 10.1. The Morgan fingerprint density at radius 3 is 2.76 bits per heavy atom. The number of para-hydroxylation sites is 1. The summed E-state index contributed by atoms with van der Waals surface area (Å²) in [4.78, 5) is 26.3. The van der Waals surface area contributed by atoms with E-state index in [4.69, 9.17) is 4.74 Å². The lowest BCUT2D eigenvalue weighted by Crippen LogP contribution is -2.47. The zero-order valence-corrected chi connectivity index (χ0v) is 12.5. The normalized spacial score (nSPS) is 19.3. The molecule has 0 bridgehead atoms. The van der Waals surface area contributed by atoms with Crippen molar-refractivity contribution in [3.63, 3.8) is 0 Å². The van der Waals surface area contributed by atoms with Crippen LogP contribution in [-0.2, 0) is 14.3 Å². The molecule has 21 heavy (non-hydrogen) atoms. The van der Waals surface area contributed by atoms with Crippen molar-refractivity contribution in [2.75, 3.05) is 18.5 Å². The van der Waals surface area contributed by atoms with Crippen LogP contribution in [0.4, 0.5) is 5.69 Å². The molecule has 1 fully saturated rings. The number of ether oxygens (including phenoxy) is 1. The Morgan fingerprint density at radius 2 is 2.10 bits per heavy atom. The van der Waals surface area contributed by atoms with Crippen LogP contribution in [0.1, 0.15) is 26.7 Å². The van der Waals surface area contributed by atoms with Gasteiger partial charge in [-0.1, -0.05) is 18.2 Å². The molecule has 1 saturated heterocycles. The summed E-state index contributed by atoms with van der Waals surface area (Å²) in [5, 5.41) is 2.87. The lowest BCUT2D eigenvalue weighted by Gasteiger charge is -2.26. The molecule has 1 heterocycles. The van der Waals surface area contributed by atoms with E-state index in [1.54, 1.807) is 11.8 Å². The first kappa shape index (κ1) is 15.5. The summed E-state index contributed by atoms with van der Waals surface area (Å²) in [6.45, 7) is 4.69. The summed E-state index contributed by atoms with van der Waals surface area (Å²) in [6, 6.07) is 8.89. The molecule has 0 aromatic heterocycles. The summed E-state index contributed by atoms with van der Waals surface area (Å²) in [7, 11) is 0. The van der Waals surface area contributed by atoms with Gasteiger partial charge >= 0.3 is 0 Å². The lowest BCUT2D eigenvalue weighted by atomic mass is 10.2. The third kappa shape index (κ3) is 3.82. The summed E-state index contributed by atoms with van der Waals surface area (Å²) in [6.07, 6.45) is 1.04. The smallest absolute Gasteiger partial charge is 0.252 e. The van der Waals surface area contributed by atoms with Crippen LogP contribution in [0.15, 0.2) is 30.3 Å². The molecule has 114 valence electrons. The van der Waals surface area contributed by atoms with Gasteiger partial charge in [0.2, 0.25) is 5.91 Å². The van der Waals surface area contributed by atoms with Crippen molar-refractivity contribution in [3.8, 4) is 0 Å². The van der Waals surface area contributed by atoms with E-state index in [2.05, 4.69) is 5.32 Å². The second-order valence-corrected chi connectivity index (χ2v) is 5.14. The van der Waals surface area contributed by atoms with Crippen LogP contribution in [0.25, 0.3) is 0 Å². The molecule has 0 spiro atoms. The van der Waals surface area contributed by atoms with Crippen molar-refractivity contribution < 1.29 is 14.3 Å². The minimum atomic E-state index is -0.500. The molecule has 1 aromatic rings. The maximum Gasteiger partial charge on any atom is 0.252 e. The maximum absolute atomic E-state index is 12.4. The molecule has 2 rings (SSSR count). The second kappa shape index (κ2) is 7.22. The highest BCUT2D eigenvalue weighted by atomic mass is 16.5. The molecule has 5 nitrogen and oxygen atoms in total. The zero-order valence-electron chi connectivity index (χ0n) is 12.5. The zero-order chi connectivity index (χ0) is 15.2. The summed E-state index contributed by atoms with van der Waals surface area (Å²) in [5.41, 5.74) is 0.750. The van der Waals surface area contributed by atoms with Gasteiger partial charge in [-0.05, 0) is 38.8 Å². The molecule has 1 aliphatic rings. The number of amides is 2. The fourth-order valence-corrected chi connectivity index (χ4v) is 2.60. The minimum Gasteiger partial charge on any atom is -0.369 e. The van der Waals surface area contributed by atoms with Gasteiger partial charge in [-0.25, -0.2) is 0 Å². The third-order valence-corrected chi connectivity index (χ3v) is 3.64. The Hall–Kier alpha value is -1.88. The van der Waals surface area contributed by atoms with E-state index in [1.165, 1.54) is 0 Å². The van der Waals surface area contributed by atoms with Crippen molar-refractivity contribution in [1.29, 1.82) is 0 Å². The first-order valence-corrected chi connectivity index (χ1v) is 7.41. The van der Waals surface area contributed by atoms with Crippen LogP contribution in [0.2, 0.25) is 0 Å². The van der Waals surface area contributed by atoms with Gasteiger partial charge in [-0.2, -0.15) is 0 Å². The average Bonchev–Trinajstić information content (AvgIpc) is 2.97. The van der Waals surface area contributed by atoms with Crippen LogP contribution >= 0.6 is 0 Å². The first-order valence-electron chi connectivity index (χ1n) is 7.41. The Bertz CT molecular complexity index is 490. The lowest BCUT2D eigenvalue weighted by molar-refractivity contribution is -0.145. The Kier molecular flexibility index (Phi) is 5.33. The average molecular weight is 290 g/mol. The molecule has 2 amide bonds. The number of benzene rings is 1. The van der Waals surface area contributed by atoms with E-state index < -0.39 is 12.1 Å². The van der Waals surface area contributed by atoms with E-state index in [1.807, 2.05) is 37.3 Å². The topological polar surface area (TPSA) is 58.6 Å². The van der Waals surface area contributed by atoms with Gasteiger partial charge in [0.15, 0.2) is 0 Å². The van der Waals surface area contributed by atoms with E-state index in [-0.39, 0.29) is 11.8 Å². The molecule has 0 aliphatic carbocycles. The predicted octanol–water partition coefficient (Wildman–Crippen LogP) is 2.04. The summed E-state index contributed by atoms with van der Waals surface area (Å²) < 4.78 is 5.34. The molecule has 5 heteroatoms. The number of likely N-dealkylation sites (tertiary alicyclic amines) is 1. The quantitative estimate of drug-likeness (QED) is 0.903. The van der Waals surface area contributed by atoms with Crippen LogP contribution in [-0.4, -0.2) is 42.0 Å². The van der Waals surface area contributed by atoms with Crippen LogP contribution in [0.5, 0.6) is 0 Å². The number of nitrogens with one attached hydrogen (secondary N) is 1. The maximum atomic E-state index is 12.4. The van der Waals surface area contributed by atoms with Gasteiger partial charge < -0.3 is 15.0 Å². The standard InChI is InChI=1S/C16H22N2O3/c1-3-21-12(2)16(20)18-11-7-10-14(18)15(19)17-13-8-5-4-6-9-13/h4-6,8-9,12,14H,3,7,10-11H2,1-2H3,(H,17,19)/t12-,14-/m1/s1. The monoisotopic (exact) mass is 290 g/mol. The van der Waals surface area contributed by atoms with Crippen molar-refractivity contribution >= 4 is 17.5 Å². The van der Waals surface area contributed by atoms with Gasteiger partial charge in [0.25, 0.3) is 5.91 Å². The molecule has 0 unspecified atom stereocenters. The van der Waals surface area contributed by atoms with Gasteiger partial charge in [-0.15, -0.1) is 0 Å². The van der Waals surface area contributed by atoms with Crippen molar-refractivity contribution in [1.82, 2.24) is 4.90 Å². The number of anilines is 1. The Labute approximate surface area is 125 Å². The van der Waals surface area contributed by atoms with E-state index >= 15 is 0 Å². The van der Waals surface area contributed by atoms with Gasteiger partial charge in [0, 0.05) is 18.8 Å². The summed E-state index contributed by atoms with van der Waals surface area (Å²) in [5.74, 6) is -0.238. The van der Waals surface area contributed by atoms with Crippen molar-refractivity contribution in [3.05, 3.63) is 30.3 Å². The summed E-state index contributed by atoms with van der Waals surface area (Å²) >= 11 is 0. The van der Waals surface area contributed by atoms with Crippen molar-refractivity contribution in [2.45, 2.75) is 38.8 Å². The largest absolute Gasteiger partial charge is 0.369 e. The number of carbonyl (C=O) groups excluding carboxylic acids is 2. The Morgan fingerprint density at radius 1 is 1.38 bits per heavy atom. The SMILES string of the molecule is CCO[C@H](C)C(=O)N1CCC[C@@H]1C(=O)Nc1ccccc1. The second-order valence-electron chi connectivity index (χ2n) is 5.14. The molecule has 0 radical (unpaired) electrons. The highest BCUT2D eigenvalue weighted by Gasteiger charge is 2.36. The fourth-order valence-electron chi connectivity index (χ4n) is 2.60. The van der Waals surface area contributed by atoms with Gasteiger partial charge in [-0.3, -0.25) is 9.59 Å². The molecular formula is C16H22N2O3. The molecular weight excluding hydrogens is 268 g/mol. The van der Waals surface area contributed by atoms with Crippen molar-refractivity contribution in [2.24, 2.45) is 0 Å². The highest BCUT2D eigenvalue weighted by molar-refractivity contribution is 5.98.